The lowest BCUT2D eigenvalue weighted by Crippen LogP contribution is -2.38. The molecule has 0 rings (SSSR count). The number of aliphatic hydroxyl groups is 1. The molecule has 0 heterocycles. The minimum atomic E-state index is -0.828. The summed E-state index contributed by atoms with van der Waals surface area (Å²) >= 11 is 0. The van der Waals surface area contributed by atoms with Gasteiger partial charge in [0.25, 0.3) is 0 Å². The van der Waals surface area contributed by atoms with E-state index >= 15 is 0 Å². The molecule has 84 valence electrons. The normalized spacial score (nSPS) is 15.5. The Kier molecular flexibility index (Phi) is 6.44. The SMILES string of the molecule is COCC(O)CN(C)C(C)CC(=O)O. The summed E-state index contributed by atoms with van der Waals surface area (Å²) < 4.78 is 4.77. The van der Waals surface area contributed by atoms with Gasteiger partial charge in [-0.3, -0.25) is 4.79 Å². The van der Waals surface area contributed by atoms with E-state index in [-0.39, 0.29) is 19.1 Å². The number of aliphatic hydroxyl groups excluding tert-OH is 1. The fourth-order valence-corrected chi connectivity index (χ4v) is 1.17. The summed E-state index contributed by atoms with van der Waals surface area (Å²) in [4.78, 5) is 12.2. The van der Waals surface area contributed by atoms with Crippen LogP contribution in [-0.2, 0) is 9.53 Å². The Labute approximate surface area is 84.3 Å². The molecule has 0 aromatic rings. The van der Waals surface area contributed by atoms with Crippen molar-refractivity contribution in [2.24, 2.45) is 0 Å². The van der Waals surface area contributed by atoms with Gasteiger partial charge in [-0.05, 0) is 14.0 Å². The first-order valence-corrected chi connectivity index (χ1v) is 4.56. The van der Waals surface area contributed by atoms with Gasteiger partial charge in [0.15, 0.2) is 0 Å². The second-order valence-electron chi connectivity index (χ2n) is 3.50. The highest BCUT2D eigenvalue weighted by atomic mass is 16.5. The summed E-state index contributed by atoms with van der Waals surface area (Å²) in [5, 5.41) is 17.9. The Morgan fingerprint density at radius 3 is 2.57 bits per heavy atom. The van der Waals surface area contributed by atoms with E-state index < -0.39 is 12.1 Å². The monoisotopic (exact) mass is 205 g/mol. The predicted octanol–water partition coefficient (Wildman–Crippen LogP) is -0.211. The molecule has 0 spiro atoms. The summed E-state index contributed by atoms with van der Waals surface area (Å²) in [6.07, 6.45) is -0.489. The van der Waals surface area contributed by atoms with Gasteiger partial charge in [-0.25, -0.2) is 0 Å². The first-order chi connectivity index (χ1) is 6.47. The van der Waals surface area contributed by atoms with Gasteiger partial charge in [-0.1, -0.05) is 0 Å². The Hall–Kier alpha value is -0.650. The first kappa shape index (κ1) is 13.4. The molecule has 0 aromatic carbocycles. The molecule has 0 amide bonds. The molecule has 0 saturated heterocycles. The molecule has 2 N–H and O–H groups in total. The van der Waals surface area contributed by atoms with Crippen LogP contribution in [0.4, 0.5) is 0 Å². The van der Waals surface area contributed by atoms with E-state index in [9.17, 15) is 9.90 Å². The molecule has 0 aliphatic heterocycles. The molecule has 0 aliphatic rings. The maximum absolute atomic E-state index is 10.4. The van der Waals surface area contributed by atoms with Gasteiger partial charge in [-0.15, -0.1) is 0 Å². The summed E-state index contributed by atoms with van der Waals surface area (Å²) in [6.45, 7) is 2.50. The van der Waals surface area contributed by atoms with Gasteiger partial charge in [-0.2, -0.15) is 0 Å². The van der Waals surface area contributed by atoms with E-state index in [2.05, 4.69) is 0 Å². The third-order valence-electron chi connectivity index (χ3n) is 2.08. The van der Waals surface area contributed by atoms with Gasteiger partial charge in [0, 0.05) is 19.7 Å². The Bertz CT molecular complexity index is 174. The first-order valence-electron chi connectivity index (χ1n) is 4.56. The van der Waals surface area contributed by atoms with Gasteiger partial charge < -0.3 is 19.8 Å². The standard InChI is InChI=1S/C9H19NO4/c1-7(4-9(12)13)10(2)5-8(11)6-14-3/h7-8,11H,4-6H2,1-3H3,(H,12,13). The average Bonchev–Trinajstić information content (AvgIpc) is 2.02. The van der Waals surface area contributed by atoms with E-state index in [0.717, 1.165) is 0 Å². The highest BCUT2D eigenvalue weighted by molar-refractivity contribution is 5.67. The zero-order valence-corrected chi connectivity index (χ0v) is 8.93. The number of rotatable bonds is 7. The van der Waals surface area contributed by atoms with Crippen LogP contribution in [0.15, 0.2) is 0 Å². The molecule has 2 atom stereocenters. The summed E-state index contributed by atoms with van der Waals surface area (Å²) in [5.74, 6) is -0.828. The molecule has 14 heavy (non-hydrogen) atoms. The van der Waals surface area contributed by atoms with Crippen molar-refractivity contribution in [2.45, 2.75) is 25.5 Å². The zero-order chi connectivity index (χ0) is 11.1. The van der Waals surface area contributed by atoms with Crippen molar-refractivity contribution in [1.82, 2.24) is 4.90 Å². The summed E-state index contributed by atoms with van der Waals surface area (Å²) in [7, 11) is 3.30. The number of nitrogens with zero attached hydrogens (tertiary/aromatic N) is 1. The molecule has 0 bridgehead atoms. The molecular formula is C9H19NO4. The van der Waals surface area contributed by atoms with Crippen molar-refractivity contribution >= 4 is 5.97 Å². The van der Waals surface area contributed by atoms with E-state index in [1.807, 2.05) is 6.92 Å². The van der Waals surface area contributed by atoms with Gasteiger partial charge in [0.1, 0.15) is 0 Å². The lowest BCUT2D eigenvalue weighted by atomic mass is 10.2. The zero-order valence-electron chi connectivity index (χ0n) is 8.93. The maximum atomic E-state index is 10.4. The van der Waals surface area contributed by atoms with Crippen molar-refractivity contribution in [3.05, 3.63) is 0 Å². The third-order valence-corrected chi connectivity index (χ3v) is 2.08. The fraction of sp³-hybridized carbons (Fsp3) is 0.889. The minimum absolute atomic E-state index is 0.0796. The molecule has 5 heteroatoms. The number of carbonyl (C=O) groups is 1. The third kappa shape index (κ3) is 5.90. The molecule has 5 nitrogen and oxygen atoms in total. The number of aliphatic carboxylic acids is 1. The highest BCUT2D eigenvalue weighted by Gasteiger charge is 2.15. The molecule has 0 aliphatic carbocycles. The molecular weight excluding hydrogens is 186 g/mol. The molecule has 0 aromatic heterocycles. The van der Waals surface area contributed by atoms with Crippen molar-refractivity contribution in [1.29, 1.82) is 0 Å². The second-order valence-corrected chi connectivity index (χ2v) is 3.50. The number of hydrogen-bond donors (Lipinski definition) is 2. The van der Waals surface area contributed by atoms with E-state index in [1.54, 1.807) is 11.9 Å². The maximum Gasteiger partial charge on any atom is 0.304 e. The van der Waals surface area contributed by atoms with Crippen molar-refractivity contribution in [3.63, 3.8) is 0 Å². The van der Waals surface area contributed by atoms with Crippen LogP contribution in [-0.4, -0.2) is 60.5 Å². The van der Waals surface area contributed by atoms with Crippen molar-refractivity contribution in [2.75, 3.05) is 27.3 Å². The van der Waals surface area contributed by atoms with Crippen LogP contribution in [0.2, 0.25) is 0 Å². The second kappa shape index (κ2) is 6.75. The van der Waals surface area contributed by atoms with E-state index in [0.29, 0.717) is 6.54 Å². The molecule has 0 radical (unpaired) electrons. The number of methoxy groups -OCH3 is 1. The van der Waals surface area contributed by atoms with Crippen LogP contribution in [0.25, 0.3) is 0 Å². The molecule has 0 saturated carbocycles. The summed E-state index contributed by atoms with van der Waals surface area (Å²) in [6, 6.07) is -0.0843. The topological polar surface area (TPSA) is 70.0 Å². The average molecular weight is 205 g/mol. The fourth-order valence-electron chi connectivity index (χ4n) is 1.17. The lowest BCUT2D eigenvalue weighted by molar-refractivity contribution is -0.138. The number of carboxylic acids is 1. The Morgan fingerprint density at radius 1 is 1.57 bits per heavy atom. The lowest BCUT2D eigenvalue weighted by Gasteiger charge is -2.25. The molecule has 0 fully saturated rings. The van der Waals surface area contributed by atoms with Crippen LogP contribution in [0.5, 0.6) is 0 Å². The Morgan fingerprint density at radius 2 is 2.14 bits per heavy atom. The van der Waals surface area contributed by atoms with Crippen molar-refractivity contribution in [3.8, 4) is 0 Å². The van der Waals surface area contributed by atoms with Crippen LogP contribution in [0.1, 0.15) is 13.3 Å². The van der Waals surface area contributed by atoms with Crippen LogP contribution in [0, 0.1) is 0 Å². The minimum Gasteiger partial charge on any atom is -0.481 e. The van der Waals surface area contributed by atoms with Crippen LogP contribution < -0.4 is 0 Å². The molecule has 2 unspecified atom stereocenters. The van der Waals surface area contributed by atoms with E-state index in [4.69, 9.17) is 9.84 Å². The number of likely N-dealkylation sites (N-methyl/N-ethyl adjacent to an activating group) is 1. The highest BCUT2D eigenvalue weighted by Crippen LogP contribution is 2.02. The van der Waals surface area contributed by atoms with Crippen LogP contribution >= 0.6 is 0 Å². The number of hydrogen-bond acceptors (Lipinski definition) is 4. The van der Waals surface area contributed by atoms with Gasteiger partial charge >= 0.3 is 5.97 Å². The predicted molar refractivity (Wildman–Crippen MR) is 52.2 cm³/mol. The van der Waals surface area contributed by atoms with E-state index in [1.165, 1.54) is 7.11 Å². The largest absolute Gasteiger partial charge is 0.481 e. The van der Waals surface area contributed by atoms with Gasteiger partial charge in [0.05, 0.1) is 19.1 Å². The Balaban J connectivity index is 3.81. The quantitative estimate of drug-likeness (QED) is 0.601. The summed E-state index contributed by atoms with van der Waals surface area (Å²) in [5.41, 5.74) is 0. The van der Waals surface area contributed by atoms with Gasteiger partial charge in [0.2, 0.25) is 0 Å². The number of ether oxygens (including phenoxy) is 1. The smallest absolute Gasteiger partial charge is 0.304 e. The number of carboxylic acid groups (broad SMARTS) is 1. The van der Waals surface area contributed by atoms with Crippen LogP contribution in [0.3, 0.4) is 0 Å². The van der Waals surface area contributed by atoms with Crippen molar-refractivity contribution < 1.29 is 19.7 Å².